The second-order valence-electron chi connectivity index (χ2n) is 4.81. The molecule has 2 nitrogen and oxygen atoms in total. The summed E-state index contributed by atoms with van der Waals surface area (Å²) in [6, 6.07) is 7.78. The minimum absolute atomic E-state index is 0.186. The number of hydrogen-bond acceptors (Lipinski definition) is 2. The molecule has 1 saturated carbocycles. The number of nitrogens with zero attached hydrogens (tertiary/aromatic N) is 1. The van der Waals surface area contributed by atoms with Gasteiger partial charge in [-0.1, -0.05) is 23.7 Å². The highest BCUT2D eigenvalue weighted by Crippen LogP contribution is 2.41. The molecule has 0 amide bonds. The lowest BCUT2D eigenvalue weighted by atomic mass is 9.88. The molecule has 1 unspecified atom stereocenters. The molecule has 0 spiro atoms. The van der Waals surface area contributed by atoms with E-state index in [4.69, 9.17) is 11.6 Å². The van der Waals surface area contributed by atoms with Gasteiger partial charge in [0.15, 0.2) is 0 Å². The van der Waals surface area contributed by atoms with E-state index < -0.39 is 5.60 Å². The van der Waals surface area contributed by atoms with Gasteiger partial charge in [0.25, 0.3) is 0 Å². The lowest BCUT2D eigenvalue weighted by molar-refractivity contribution is -0.0175. The summed E-state index contributed by atoms with van der Waals surface area (Å²) >= 11 is 5.99. The van der Waals surface area contributed by atoms with Crippen LogP contribution in [0.4, 0.5) is 0 Å². The minimum atomic E-state index is -0.742. The third kappa shape index (κ3) is 1.97. The average Bonchev–Trinajstić information content (AvgIpc) is 2.62. The third-order valence-electron chi connectivity index (χ3n) is 3.53. The Kier molecular flexibility index (Phi) is 3.24. The van der Waals surface area contributed by atoms with Gasteiger partial charge in [0.05, 0.1) is 0 Å². The molecule has 16 heavy (non-hydrogen) atoms. The number of aliphatic hydroxyl groups is 1. The molecular formula is C13H18ClNO. The van der Waals surface area contributed by atoms with E-state index in [9.17, 15) is 5.11 Å². The van der Waals surface area contributed by atoms with Crippen molar-refractivity contribution in [3.05, 3.63) is 34.9 Å². The van der Waals surface area contributed by atoms with E-state index in [2.05, 4.69) is 4.90 Å². The normalized spacial score (nSPS) is 29.9. The number of likely N-dealkylation sites (N-methyl/N-ethyl adjacent to an activating group) is 1. The number of hydrogen-bond donors (Lipinski definition) is 1. The standard InChI is InChI=1S/C13H18ClNO/c1-15(2)12-7-4-8-13(12,16)10-5-3-6-11(14)9-10/h3,5-6,9,12,16H,4,7-8H2,1-2H3/t12-,13?/m0/s1. The molecule has 3 heteroatoms. The Hall–Kier alpha value is -0.570. The Morgan fingerprint density at radius 2 is 2.19 bits per heavy atom. The Morgan fingerprint density at radius 3 is 2.81 bits per heavy atom. The van der Waals surface area contributed by atoms with Crippen molar-refractivity contribution in [3.63, 3.8) is 0 Å². The smallest absolute Gasteiger partial charge is 0.105 e. The maximum absolute atomic E-state index is 10.8. The van der Waals surface area contributed by atoms with Crippen molar-refractivity contribution in [1.29, 1.82) is 0 Å². The molecule has 1 N–H and O–H groups in total. The maximum Gasteiger partial charge on any atom is 0.105 e. The topological polar surface area (TPSA) is 23.5 Å². The molecule has 0 bridgehead atoms. The van der Waals surface area contributed by atoms with Crippen molar-refractivity contribution < 1.29 is 5.11 Å². The van der Waals surface area contributed by atoms with Crippen molar-refractivity contribution in [2.45, 2.75) is 30.9 Å². The van der Waals surface area contributed by atoms with Gasteiger partial charge >= 0.3 is 0 Å². The summed E-state index contributed by atoms with van der Waals surface area (Å²) in [4.78, 5) is 2.11. The summed E-state index contributed by atoms with van der Waals surface area (Å²) in [5, 5.41) is 11.5. The largest absolute Gasteiger partial charge is 0.384 e. The first-order valence-corrected chi connectivity index (χ1v) is 6.07. The highest BCUT2D eigenvalue weighted by molar-refractivity contribution is 6.30. The summed E-state index contributed by atoms with van der Waals surface area (Å²) < 4.78 is 0. The van der Waals surface area contributed by atoms with Crippen LogP contribution in [0.3, 0.4) is 0 Å². The second kappa shape index (κ2) is 4.36. The minimum Gasteiger partial charge on any atom is -0.384 e. The summed E-state index contributed by atoms with van der Waals surface area (Å²) in [7, 11) is 4.04. The first-order valence-electron chi connectivity index (χ1n) is 5.69. The van der Waals surface area contributed by atoms with Gasteiger partial charge in [-0.2, -0.15) is 0 Å². The van der Waals surface area contributed by atoms with Crippen LogP contribution in [0.15, 0.2) is 24.3 Å². The first-order chi connectivity index (χ1) is 7.54. The summed E-state index contributed by atoms with van der Waals surface area (Å²) in [5.41, 5.74) is 0.199. The van der Waals surface area contributed by atoms with Crippen LogP contribution in [-0.2, 0) is 5.60 Å². The molecule has 88 valence electrons. The van der Waals surface area contributed by atoms with E-state index in [0.29, 0.717) is 5.02 Å². The fraction of sp³-hybridized carbons (Fsp3) is 0.538. The fourth-order valence-electron chi connectivity index (χ4n) is 2.75. The second-order valence-corrected chi connectivity index (χ2v) is 5.24. The highest BCUT2D eigenvalue weighted by Gasteiger charge is 2.43. The van der Waals surface area contributed by atoms with Gasteiger partial charge in [-0.05, 0) is 51.1 Å². The van der Waals surface area contributed by atoms with Crippen molar-refractivity contribution >= 4 is 11.6 Å². The Balaban J connectivity index is 2.37. The van der Waals surface area contributed by atoms with Crippen molar-refractivity contribution in [3.8, 4) is 0 Å². The Bertz CT molecular complexity index is 380. The van der Waals surface area contributed by atoms with Crippen molar-refractivity contribution in [2.24, 2.45) is 0 Å². The van der Waals surface area contributed by atoms with Gasteiger partial charge in [-0.25, -0.2) is 0 Å². The number of halogens is 1. The van der Waals surface area contributed by atoms with E-state index in [0.717, 1.165) is 24.8 Å². The molecule has 1 aromatic rings. The first kappa shape index (κ1) is 11.9. The Morgan fingerprint density at radius 1 is 1.44 bits per heavy atom. The van der Waals surface area contributed by atoms with Crippen LogP contribution in [0.5, 0.6) is 0 Å². The van der Waals surface area contributed by atoms with Gasteiger partial charge in [0.2, 0.25) is 0 Å². The molecule has 1 aliphatic carbocycles. The van der Waals surface area contributed by atoms with Gasteiger partial charge in [0.1, 0.15) is 5.60 Å². The lowest BCUT2D eigenvalue weighted by Gasteiger charge is -2.35. The lowest BCUT2D eigenvalue weighted by Crippen LogP contribution is -2.43. The fourth-order valence-corrected chi connectivity index (χ4v) is 2.94. The SMILES string of the molecule is CN(C)[C@H]1CCCC1(O)c1cccc(Cl)c1. The number of rotatable bonds is 2. The van der Waals surface area contributed by atoms with Crippen LogP contribution < -0.4 is 0 Å². The van der Waals surface area contributed by atoms with E-state index in [-0.39, 0.29) is 6.04 Å². The Labute approximate surface area is 102 Å². The van der Waals surface area contributed by atoms with Crippen molar-refractivity contribution in [1.82, 2.24) is 4.90 Å². The van der Waals surface area contributed by atoms with Crippen LogP contribution in [-0.4, -0.2) is 30.1 Å². The van der Waals surface area contributed by atoms with E-state index in [1.54, 1.807) is 0 Å². The maximum atomic E-state index is 10.8. The van der Waals surface area contributed by atoms with E-state index in [1.807, 2.05) is 38.4 Å². The molecule has 0 radical (unpaired) electrons. The predicted octanol–water partition coefficient (Wildman–Crippen LogP) is 2.64. The van der Waals surface area contributed by atoms with E-state index in [1.165, 1.54) is 0 Å². The molecule has 2 atom stereocenters. The molecule has 0 saturated heterocycles. The summed E-state index contributed by atoms with van der Waals surface area (Å²) in [6.45, 7) is 0. The van der Waals surface area contributed by atoms with Gasteiger partial charge in [-0.15, -0.1) is 0 Å². The molecule has 0 aromatic heterocycles. The highest BCUT2D eigenvalue weighted by atomic mass is 35.5. The quantitative estimate of drug-likeness (QED) is 0.858. The van der Waals surface area contributed by atoms with E-state index >= 15 is 0 Å². The molecule has 0 heterocycles. The molecule has 1 aliphatic rings. The summed E-state index contributed by atoms with van der Waals surface area (Å²) in [6.07, 6.45) is 2.91. The van der Waals surface area contributed by atoms with Crippen LogP contribution in [0, 0.1) is 0 Å². The number of benzene rings is 1. The zero-order valence-corrected chi connectivity index (χ0v) is 10.5. The monoisotopic (exact) mass is 239 g/mol. The molecule has 0 aliphatic heterocycles. The third-order valence-corrected chi connectivity index (χ3v) is 3.77. The zero-order chi connectivity index (χ0) is 11.8. The van der Waals surface area contributed by atoms with Crippen LogP contribution in [0.1, 0.15) is 24.8 Å². The van der Waals surface area contributed by atoms with Gasteiger partial charge in [-0.3, -0.25) is 0 Å². The van der Waals surface area contributed by atoms with Crippen molar-refractivity contribution in [2.75, 3.05) is 14.1 Å². The van der Waals surface area contributed by atoms with Gasteiger partial charge < -0.3 is 10.0 Å². The zero-order valence-electron chi connectivity index (χ0n) is 9.78. The predicted molar refractivity (Wildman–Crippen MR) is 66.7 cm³/mol. The summed E-state index contributed by atoms with van der Waals surface area (Å²) in [5.74, 6) is 0. The van der Waals surface area contributed by atoms with Crippen LogP contribution in [0.25, 0.3) is 0 Å². The molecule has 1 aromatic carbocycles. The van der Waals surface area contributed by atoms with Crippen LogP contribution in [0.2, 0.25) is 5.02 Å². The van der Waals surface area contributed by atoms with Crippen LogP contribution >= 0.6 is 11.6 Å². The average molecular weight is 240 g/mol. The molecule has 1 fully saturated rings. The molecule has 2 rings (SSSR count). The molecular weight excluding hydrogens is 222 g/mol. The van der Waals surface area contributed by atoms with Gasteiger partial charge in [0, 0.05) is 11.1 Å².